The molecule has 0 unspecified atom stereocenters. The maximum Gasteiger partial charge on any atom is 0.242 e. The molecule has 3 nitrogen and oxygen atoms in total. The summed E-state index contributed by atoms with van der Waals surface area (Å²) in [6.07, 6.45) is 0.781. The van der Waals surface area contributed by atoms with Crippen molar-refractivity contribution in [1.29, 1.82) is 5.26 Å². The van der Waals surface area contributed by atoms with Crippen LogP contribution in [0.5, 0.6) is 0 Å². The first-order valence-electron chi connectivity index (χ1n) is 5.78. The molecule has 0 saturated heterocycles. The Labute approximate surface area is 117 Å². The molecule has 1 aromatic rings. The van der Waals surface area contributed by atoms with Crippen LogP contribution in [-0.2, 0) is 11.2 Å². The maximum absolute atomic E-state index is 12.0. The topological polar surface area (TPSA) is 44.1 Å². The Kier molecular flexibility index (Phi) is 4.92. The van der Waals surface area contributed by atoms with E-state index in [1.165, 1.54) is 5.56 Å². The lowest BCUT2D eigenvalue weighted by Gasteiger charge is -2.24. The molecule has 0 heterocycles. The van der Waals surface area contributed by atoms with Gasteiger partial charge in [-0.05, 0) is 38.0 Å². The lowest BCUT2D eigenvalue weighted by molar-refractivity contribution is -0.136. The van der Waals surface area contributed by atoms with Crippen LogP contribution in [-0.4, -0.2) is 24.4 Å². The third-order valence-electron chi connectivity index (χ3n) is 2.79. The van der Waals surface area contributed by atoms with E-state index < -0.39 is 5.41 Å². The zero-order valence-electron chi connectivity index (χ0n) is 10.9. The van der Waals surface area contributed by atoms with Gasteiger partial charge >= 0.3 is 0 Å². The number of halogens is 1. The van der Waals surface area contributed by atoms with Gasteiger partial charge in [0.05, 0.1) is 6.07 Å². The number of amides is 1. The molecule has 96 valence electrons. The SMILES string of the molecule is CN(CCc1cccc(Br)c1)C(=O)C(C)(C)C#N. The molecule has 18 heavy (non-hydrogen) atoms. The van der Waals surface area contributed by atoms with Gasteiger partial charge in [0.1, 0.15) is 5.41 Å². The highest BCUT2D eigenvalue weighted by Crippen LogP contribution is 2.17. The Bertz CT molecular complexity index is 477. The van der Waals surface area contributed by atoms with Crippen molar-refractivity contribution in [2.45, 2.75) is 20.3 Å². The molecule has 1 aromatic carbocycles. The van der Waals surface area contributed by atoms with Crippen molar-refractivity contribution in [1.82, 2.24) is 4.90 Å². The summed E-state index contributed by atoms with van der Waals surface area (Å²) in [6.45, 7) is 3.90. The number of nitrogens with zero attached hydrogens (tertiary/aromatic N) is 2. The summed E-state index contributed by atoms with van der Waals surface area (Å²) in [5.41, 5.74) is 0.213. The first kappa shape index (κ1) is 14.7. The summed E-state index contributed by atoms with van der Waals surface area (Å²) in [6, 6.07) is 10.0. The van der Waals surface area contributed by atoms with E-state index in [0.717, 1.165) is 10.9 Å². The zero-order valence-corrected chi connectivity index (χ0v) is 12.5. The normalized spacial score (nSPS) is 10.8. The van der Waals surface area contributed by atoms with Crippen LogP contribution in [0, 0.1) is 16.7 Å². The van der Waals surface area contributed by atoms with Crippen molar-refractivity contribution >= 4 is 21.8 Å². The van der Waals surface area contributed by atoms with Gasteiger partial charge in [0.25, 0.3) is 0 Å². The second-order valence-electron chi connectivity index (χ2n) is 4.84. The van der Waals surface area contributed by atoms with E-state index in [1.54, 1.807) is 25.8 Å². The second kappa shape index (κ2) is 6.01. The van der Waals surface area contributed by atoms with Crippen molar-refractivity contribution in [3.05, 3.63) is 34.3 Å². The Morgan fingerprint density at radius 3 is 2.72 bits per heavy atom. The van der Waals surface area contributed by atoms with Crippen molar-refractivity contribution in [2.75, 3.05) is 13.6 Å². The standard InChI is InChI=1S/C14H17BrN2O/c1-14(2,10-16)13(18)17(3)8-7-11-5-4-6-12(15)9-11/h4-6,9H,7-8H2,1-3H3. The molecule has 0 bridgehead atoms. The summed E-state index contributed by atoms with van der Waals surface area (Å²) >= 11 is 3.42. The summed E-state index contributed by atoms with van der Waals surface area (Å²) in [5.74, 6) is -0.139. The third-order valence-corrected chi connectivity index (χ3v) is 3.28. The fourth-order valence-corrected chi connectivity index (χ4v) is 2.06. The fraction of sp³-hybridized carbons (Fsp3) is 0.429. The smallest absolute Gasteiger partial charge is 0.242 e. The fourth-order valence-electron chi connectivity index (χ4n) is 1.62. The largest absolute Gasteiger partial charge is 0.344 e. The van der Waals surface area contributed by atoms with Gasteiger partial charge in [0, 0.05) is 18.1 Å². The predicted octanol–water partition coefficient (Wildman–Crippen LogP) is 3.00. The molecule has 0 aromatic heterocycles. The monoisotopic (exact) mass is 308 g/mol. The minimum absolute atomic E-state index is 0.139. The Morgan fingerprint density at radius 2 is 2.17 bits per heavy atom. The number of nitriles is 1. The lowest BCUT2D eigenvalue weighted by Crippen LogP contribution is -2.38. The molecule has 0 spiro atoms. The summed E-state index contributed by atoms with van der Waals surface area (Å²) in [7, 11) is 1.74. The number of hydrogen-bond acceptors (Lipinski definition) is 2. The van der Waals surface area contributed by atoms with Crippen molar-refractivity contribution in [2.24, 2.45) is 5.41 Å². The average molecular weight is 309 g/mol. The quantitative estimate of drug-likeness (QED) is 0.858. The molecule has 0 radical (unpaired) electrons. The minimum Gasteiger partial charge on any atom is -0.344 e. The number of likely N-dealkylation sites (N-methyl/N-ethyl adjacent to an activating group) is 1. The van der Waals surface area contributed by atoms with Crippen LogP contribution in [0.15, 0.2) is 28.7 Å². The zero-order chi connectivity index (χ0) is 13.8. The first-order chi connectivity index (χ1) is 8.36. The highest BCUT2D eigenvalue weighted by Gasteiger charge is 2.29. The number of hydrogen-bond donors (Lipinski definition) is 0. The van der Waals surface area contributed by atoms with Crippen molar-refractivity contribution in [3.8, 4) is 6.07 Å². The molecule has 0 atom stereocenters. The minimum atomic E-state index is -0.952. The maximum atomic E-state index is 12.0. The van der Waals surface area contributed by atoms with Crippen LogP contribution >= 0.6 is 15.9 Å². The van der Waals surface area contributed by atoms with E-state index in [1.807, 2.05) is 30.3 Å². The highest BCUT2D eigenvalue weighted by molar-refractivity contribution is 9.10. The predicted molar refractivity (Wildman–Crippen MR) is 74.9 cm³/mol. The number of carbonyl (C=O) groups excluding carboxylic acids is 1. The molecule has 0 aliphatic rings. The lowest BCUT2D eigenvalue weighted by atomic mass is 9.94. The van der Waals surface area contributed by atoms with Crippen LogP contribution in [0.25, 0.3) is 0 Å². The Morgan fingerprint density at radius 1 is 1.50 bits per heavy atom. The van der Waals surface area contributed by atoms with E-state index in [9.17, 15) is 4.79 Å². The van der Waals surface area contributed by atoms with Gasteiger partial charge in [0.2, 0.25) is 5.91 Å². The number of benzene rings is 1. The van der Waals surface area contributed by atoms with E-state index in [2.05, 4.69) is 15.9 Å². The molecule has 1 amide bonds. The van der Waals surface area contributed by atoms with Gasteiger partial charge in [-0.1, -0.05) is 28.1 Å². The molecule has 0 aliphatic heterocycles. The van der Waals surface area contributed by atoms with Crippen LogP contribution in [0.2, 0.25) is 0 Å². The van der Waals surface area contributed by atoms with Crippen molar-refractivity contribution in [3.63, 3.8) is 0 Å². The highest BCUT2D eigenvalue weighted by atomic mass is 79.9. The van der Waals surface area contributed by atoms with Crippen LogP contribution < -0.4 is 0 Å². The van der Waals surface area contributed by atoms with Gasteiger partial charge in [0.15, 0.2) is 0 Å². The van der Waals surface area contributed by atoms with E-state index in [-0.39, 0.29) is 5.91 Å². The molecule has 0 aliphatic carbocycles. The van der Waals surface area contributed by atoms with Crippen LogP contribution in [0.3, 0.4) is 0 Å². The number of rotatable bonds is 4. The first-order valence-corrected chi connectivity index (χ1v) is 6.57. The molecule has 0 N–H and O–H groups in total. The van der Waals surface area contributed by atoms with Gasteiger partial charge in [-0.25, -0.2) is 0 Å². The summed E-state index contributed by atoms with van der Waals surface area (Å²) < 4.78 is 1.03. The van der Waals surface area contributed by atoms with Crippen molar-refractivity contribution < 1.29 is 4.79 Å². The average Bonchev–Trinajstić information content (AvgIpc) is 2.35. The Balaban J connectivity index is 2.60. The van der Waals surface area contributed by atoms with Crippen LogP contribution in [0.4, 0.5) is 0 Å². The summed E-state index contributed by atoms with van der Waals surface area (Å²) in [4.78, 5) is 13.6. The van der Waals surface area contributed by atoms with Gasteiger partial charge in [-0.2, -0.15) is 5.26 Å². The molecular weight excluding hydrogens is 292 g/mol. The molecule has 4 heteroatoms. The number of carbonyl (C=O) groups is 1. The molecule has 0 fully saturated rings. The molecule has 0 saturated carbocycles. The third kappa shape index (κ3) is 3.85. The second-order valence-corrected chi connectivity index (χ2v) is 5.76. The van der Waals surface area contributed by atoms with E-state index in [0.29, 0.717) is 6.54 Å². The van der Waals surface area contributed by atoms with Gasteiger partial charge in [-0.15, -0.1) is 0 Å². The molecule has 1 rings (SSSR count). The van der Waals surface area contributed by atoms with E-state index in [4.69, 9.17) is 5.26 Å². The molecular formula is C14H17BrN2O. The Hall–Kier alpha value is -1.34. The van der Waals surface area contributed by atoms with Gasteiger partial charge in [-0.3, -0.25) is 4.79 Å². The summed E-state index contributed by atoms with van der Waals surface area (Å²) in [5, 5.41) is 8.93. The van der Waals surface area contributed by atoms with Gasteiger partial charge < -0.3 is 4.90 Å². The van der Waals surface area contributed by atoms with E-state index >= 15 is 0 Å². The van der Waals surface area contributed by atoms with Crippen LogP contribution in [0.1, 0.15) is 19.4 Å².